The summed E-state index contributed by atoms with van der Waals surface area (Å²) in [5.41, 5.74) is 2.04. The number of hydrogen-bond donors (Lipinski definition) is 0. The molecule has 2 aliphatic rings. The molecule has 0 spiro atoms. The topological polar surface area (TPSA) is 44.1 Å². The van der Waals surface area contributed by atoms with Crippen molar-refractivity contribution in [1.82, 2.24) is 14.8 Å². The molecule has 0 aliphatic carbocycles. The number of hydrogen-bond acceptors (Lipinski definition) is 4. The van der Waals surface area contributed by atoms with Crippen LogP contribution in [0.1, 0.15) is 78.2 Å². The van der Waals surface area contributed by atoms with Crippen molar-refractivity contribution >= 4 is 40.6 Å². The van der Waals surface area contributed by atoms with E-state index in [-0.39, 0.29) is 11.4 Å². The average Bonchev–Trinajstić information content (AvgIpc) is 3.57. The molecular weight excluding hydrogens is 557 g/mol. The van der Waals surface area contributed by atoms with E-state index in [1.54, 1.807) is 6.20 Å². The maximum Gasteiger partial charge on any atom is 0.175 e. The van der Waals surface area contributed by atoms with E-state index >= 15 is 4.39 Å². The molecule has 5 nitrogen and oxygen atoms in total. The van der Waals surface area contributed by atoms with Crippen LogP contribution in [0.5, 0.6) is 0 Å². The summed E-state index contributed by atoms with van der Waals surface area (Å²) in [6.45, 7) is 17.5. The van der Waals surface area contributed by atoms with E-state index in [1.165, 1.54) is 45.2 Å². The molecule has 1 atom stereocenters. The maximum absolute atomic E-state index is 16.5. The number of halogens is 2. The van der Waals surface area contributed by atoms with Gasteiger partial charge in [-0.15, -0.1) is 0 Å². The van der Waals surface area contributed by atoms with Crippen molar-refractivity contribution in [3.8, 4) is 11.3 Å². The fraction of sp³-hybridized carbons (Fsp3) is 0.528. The fourth-order valence-electron chi connectivity index (χ4n) is 7.25. The molecule has 2 aromatic carbocycles. The van der Waals surface area contributed by atoms with Crippen molar-refractivity contribution in [1.29, 1.82) is 0 Å². The van der Waals surface area contributed by atoms with E-state index < -0.39 is 5.82 Å². The highest BCUT2D eigenvalue weighted by molar-refractivity contribution is 6.36. The van der Waals surface area contributed by atoms with E-state index in [1.807, 2.05) is 36.4 Å². The summed E-state index contributed by atoms with van der Waals surface area (Å²) in [5.74, 6) is 1.15. The molecule has 1 unspecified atom stereocenters. The van der Waals surface area contributed by atoms with Crippen LogP contribution in [-0.4, -0.2) is 65.6 Å². The Hall–Kier alpha value is -2.83. The van der Waals surface area contributed by atoms with Gasteiger partial charge in [-0.2, -0.15) is 0 Å². The van der Waals surface area contributed by atoms with Crippen molar-refractivity contribution in [2.75, 3.05) is 32.7 Å². The number of aromatic nitrogens is 1. The quantitative estimate of drug-likeness (QED) is 0.118. The molecular formula is C36H47ClFN5. The number of aliphatic imine (C=N–C) groups is 2. The standard InChI is InChI=1S/C36H47ClFN5/c1-6-26(4)24-42(23-25(2)3)35(40-19-9-16-36-17-10-20-43(36)21-11-18-36)29-22-41-34(32(38)33(29)39-5)28-14-7-12-27-13-8-15-30(37)31(27)28/h7-8,12-15,22,25-26H,5-6,9-11,16-21,23-24H2,1-4H3/b40-35+. The monoisotopic (exact) mass is 603 g/mol. The van der Waals surface area contributed by atoms with Crippen LogP contribution in [0, 0.1) is 17.7 Å². The van der Waals surface area contributed by atoms with Crippen LogP contribution < -0.4 is 0 Å². The summed E-state index contributed by atoms with van der Waals surface area (Å²) in [6, 6.07) is 11.4. The number of pyridine rings is 1. The third-order valence-electron chi connectivity index (χ3n) is 9.49. The van der Waals surface area contributed by atoms with Gasteiger partial charge in [-0.05, 0) is 81.6 Å². The lowest BCUT2D eigenvalue weighted by molar-refractivity contribution is 0.180. The summed E-state index contributed by atoms with van der Waals surface area (Å²) in [6.07, 6.45) is 10.2. The second-order valence-electron chi connectivity index (χ2n) is 13.0. The lowest BCUT2D eigenvalue weighted by Gasteiger charge is -2.32. The highest BCUT2D eigenvalue weighted by Crippen LogP contribution is 2.42. The Kier molecular flexibility index (Phi) is 10.2. The Morgan fingerprint density at radius 3 is 2.51 bits per heavy atom. The molecule has 0 saturated carbocycles. The summed E-state index contributed by atoms with van der Waals surface area (Å²) in [5, 5.41) is 2.28. The highest BCUT2D eigenvalue weighted by Gasteiger charge is 2.43. The molecule has 7 heteroatoms. The first-order valence-electron chi connectivity index (χ1n) is 16.2. The van der Waals surface area contributed by atoms with Gasteiger partial charge in [0.15, 0.2) is 5.82 Å². The Morgan fingerprint density at radius 2 is 1.84 bits per heavy atom. The summed E-state index contributed by atoms with van der Waals surface area (Å²) in [7, 11) is 0. The molecule has 0 N–H and O–H groups in total. The Morgan fingerprint density at radius 1 is 1.12 bits per heavy atom. The third kappa shape index (κ3) is 6.66. The Bertz CT molecular complexity index is 1450. The number of amidine groups is 1. The van der Waals surface area contributed by atoms with Gasteiger partial charge in [0.2, 0.25) is 0 Å². The van der Waals surface area contributed by atoms with Crippen LogP contribution in [0.4, 0.5) is 10.1 Å². The number of rotatable bonds is 12. The summed E-state index contributed by atoms with van der Waals surface area (Å²) >= 11 is 6.61. The molecule has 2 aliphatic heterocycles. The second kappa shape index (κ2) is 13.9. The molecule has 230 valence electrons. The van der Waals surface area contributed by atoms with Crippen LogP contribution in [0.15, 0.2) is 52.6 Å². The lowest BCUT2D eigenvalue weighted by atomic mass is 9.89. The van der Waals surface area contributed by atoms with Crippen molar-refractivity contribution < 1.29 is 4.39 Å². The van der Waals surface area contributed by atoms with Crippen molar-refractivity contribution in [2.24, 2.45) is 21.8 Å². The van der Waals surface area contributed by atoms with Crippen molar-refractivity contribution in [3.63, 3.8) is 0 Å². The van der Waals surface area contributed by atoms with Gasteiger partial charge in [0.1, 0.15) is 17.2 Å². The predicted octanol–water partition coefficient (Wildman–Crippen LogP) is 9.19. The average molecular weight is 604 g/mol. The molecule has 43 heavy (non-hydrogen) atoms. The van der Waals surface area contributed by atoms with Crippen LogP contribution in [0.2, 0.25) is 5.02 Å². The molecule has 3 heterocycles. The Balaban J connectivity index is 1.54. The van der Waals surface area contributed by atoms with Crippen LogP contribution in [0.25, 0.3) is 22.0 Å². The molecule has 0 amide bonds. The first-order chi connectivity index (χ1) is 20.8. The van der Waals surface area contributed by atoms with Crippen LogP contribution >= 0.6 is 11.6 Å². The van der Waals surface area contributed by atoms with E-state index in [9.17, 15) is 0 Å². The smallest absolute Gasteiger partial charge is 0.175 e. The fourth-order valence-corrected chi connectivity index (χ4v) is 7.54. The van der Waals surface area contributed by atoms with E-state index in [0.29, 0.717) is 40.1 Å². The van der Waals surface area contributed by atoms with Gasteiger partial charge in [0.25, 0.3) is 0 Å². The molecule has 5 rings (SSSR count). The normalized spacial score (nSPS) is 17.5. The zero-order chi connectivity index (χ0) is 30.6. The van der Waals surface area contributed by atoms with Crippen LogP contribution in [0.3, 0.4) is 0 Å². The van der Waals surface area contributed by atoms with E-state index in [0.717, 1.165) is 42.5 Å². The van der Waals surface area contributed by atoms with Gasteiger partial charge >= 0.3 is 0 Å². The zero-order valence-corrected chi connectivity index (χ0v) is 27.1. The minimum absolute atomic E-state index is 0.196. The number of benzene rings is 2. The first-order valence-corrected chi connectivity index (χ1v) is 16.5. The van der Waals surface area contributed by atoms with E-state index in [4.69, 9.17) is 21.6 Å². The zero-order valence-electron chi connectivity index (χ0n) is 26.4. The van der Waals surface area contributed by atoms with Gasteiger partial charge in [-0.25, -0.2) is 4.39 Å². The SMILES string of the molecule is C=Nc1c(/C(=N\CCCC23CCCN2CCC3)N(CC(C)C)CC(C)CC)cnc(-c2cccc3cccc(Cl)c23)c1F. The van der Waals surface area contributed by atoms with Crippen molar-refractivity contribution in [2.45, 2.75) is 78.2 Å². The minimum atomic E-state index is -0.493. The van der Waals surface area contributed by atoms with Gasteiger partial charge < -0.3 is 4.90 Å². The molecule has 0 radical (unpaired) electrons. The molecule has 3 aromatic rings. The van der Waals surface area contributed by atoms with Crippen molar-refractivity contribution in [3.05, 3.63) is 59.0 Å². The molecule has 1 aromatic heterocycles. The molecule has 2 fully saturated rings. The van der Waals surface area contributed by atoms with Gasteiger partial charge in [0.05, 0.1) is 5.56 Å². The van der Waals surface area contributed by atoms with Gasteiger partial charge in [0, 0.05) is 47.3 Å². The summed E-state index contributed by atoms with van der Waals surface area (Å²) in [4.78, 5) is 19.3. The lowest BCUT2D eigenvalue weighted by Crippen LogP contribution is -2.39. The van der Waals surface area contributed by atoms with Crippen LogP contribution in [-0.2, 0) is 0 Å². The first kappa shape index (κ1) is 31.6. The van der Waals surface area contributed by atoms with Gasteiger partial charge in [-0.3, -0.25) is 19.9 Å². The predicted molar refractivity (Wildman–Crippen MR) is 181 cm³/mol. The van der Waals surface area contributed by atoms with Gasteiger partial charge in [-0.1, -0.05) is 76.0 Å². The Labute approximate surface area is 262 Å². The minimum Gasteiger partial charge on any atom is -0.356 e. The van der Waals surface area contributed by atoms with E-state index in [2.05, 4.69) is 49.2 Å². The highest BCUT2D eigenvalue weighted by atomic mass is 35.5. The second-order valence-corrected chi connectivity index (χ2v) is 13.4. The number of nitrogens with zero attached hydrogens (tertiary/aromatic N) is 5. The molecule has 0 bridgehead atoms. The third-order valence-corrected chi connectivity index (χ3v) is 9.80. The largest absolute Gasteiger partial charge is 0.356 e. The number of fused-ring (bicyclic) bond motifs is 2. The summed E-state index contributed by atoms with van der Waals surface area (Å²) < 4.78 is 16.5. The molecule has 2 saturated heterocycles. The maximum atomic E-state index is 16.5.